The average Bonchev–Trinajstić information content (AvgIpc) is 2.66. The van der Waals surface area contributed by atoms with E-state index >= 15 is 0 Å². The van der Waals surface area contributed by atoms with Crippen LogP contribution in [0.2, 0.25) is 0 Å². The lowest BCUT2D eigenvalue weighted by molar-refractivity contribution is 0.100. The Morgan fingerprint density at radius 2 is 2.00 bits per heavy atom. The molecular weight excluding hydrogens is 254 g/mol. The SMILES string of the molecule is COCCNCc1c(C)nn(CCOCC(C)C)c1C. The maximum Gasteiger partial charge on any atom is 0.0662 e. The van der Waals surface area contributed by atoms with Gasteiger partial charge in [-0.05, 0) is 19.8 Å². The molecule has 0 amide bonds. The fourth-order valence-corrected chi connectivity index (χ4v) is 2.07. The van der Waals surface area contributed by atoms with Gasteiger partial charge in [0.2, 0.25) is 0 Å². The largest absolute Gasteiger partial charge is 0.383 e. The molecule has 0 spiro atoms. The van der Waals surface area contributed by atoms with Gasteiger partial charge in [0.1, 0.15) is 0 Å². The first-order chi connectivity index (χ1) is 9.56. The zero-order chi connectivity index (χ0) is 15.0. The van der Waals surface area contributed by atoms with Gasteiger partial charge in [-0.25, -0.2) is 0 Å². The van der Waals surface area contributed by atoms with Crippen molar-refractivity contribution >= 4 is 0 Å². The van der Waals surface area contributed by atoms with Crippen LogP contribution in [0.4, 0.5) is 0 Å². The molecule has 0 unspecified atom stereocenters. The standard InChI is InChI=1S/C15H29N3O2/c1-12(2)11-20-9-7-18-14(4)15(13(3)17-18)10-16-6-8-19-5/h12,16H,6-11H2,1-5H3. The molecule has 5 heteroatoms. The maximum atomic E-state index is 5.62. The lowest BCUT2D eigenvalue weighted by Crippen LogP contribution is -2.19. The number of nitrogens with one attached hydrogen (secondary N) is 1. The van der Waals surface area contributed by atoms with Crippen molar-refractivity contribution in [3.63, 3.8) is 0 Å². The second kappa shape index (κ2) is 9.10. The average molecular weight is 283 g/mol. The highest BCUT2D eigenvalue weighted by atomic mass is 16.5. The Morgan fingerprint density at radius 3 is 2.65 bits per heavy atom. The minimum Gasteiger partial charge on any atom is -0.383 e. The smallest absolute Gasteiger partial charge is 0.0662 e. The van der Waals surface area contributed by atoms with Crippen LogP contribution < -0.4 is 5.32 Å². The number of hydrogen-bond acceptors (Lipinski definition) is 4. The molecule has 0 aliphatic carbocycles. The molecule has 0 aliphatic heterocycles. The van der Waals surface area contributed by atoms with Crippen molar-refractivity contribution in [3.05, 3.63) is 17.0 Å². The zero-order valence-electron chi connectivity index (χ0n) is 13.5. The number of methoxy groups -OCH3 is 1. The van der Waals surface area contributed by atoms with Gasteiger partial charge in [-0.3, -0.25) is 4.68 Å². The quantitative estimate of drug-likeness (QED) is 0.666. The van der Waals surface area contributed by atoms with E-state index in [1.165, 1.54) is 11.3 Å². The first-order valence-electron chi connectivity index (χ1n) is 7.36. The third-order valence-corrected chi connectivity index (χ3v) is 3.21. The first-order valence-corrected chi connectivity index (χ1v) is 7.36. The lowest BCUT2D eigenvalue weighted by Gasteiger charge is -2.09. The molecule has 5 nitrogen and oxygen atoms in total. The molecule has 0 atom stereocenters. The van der Waals surface area contributed by atoms with E-state index in [1.807, 2.05) is 4.68 Å². The molecule has 0 fully saturated rings. The van der Waals surface area contributed by atoms with E-state index in [-0.39, 0.29) is 0 Å². The Morgan fingerprint density at radius 1 is 1.25 bits per heavy atom. The van der Waals surface area contributed by atoms with Crippen molar-refractivity contribution in [1.29, 1.82) is 0 Å². The van der Waals surface area contributed by atoms with Crippen LogP contribution in [-0.2, 0) is 22.6 Å². The van der Waals surface area contributed by atoms with Crippen LogP contribution in [0.3, 0.4) is 0 Å². The number of rotatable bonds is 10. The molecule has 0 aromatic carbocycles. The molecule has 0 saturated carbocycles. The fourth-order valence-electron chi connectivity index (χ4n) is 2.07. The molecular formula is C15H29N3O2. The van der Waals surface area contributed by atoms with Crippen molar-refractivity contribution in [3.8, 4) is 0 Å². The van der Waals surface area contributed by atoms with E-state index in [0.29, 0.717) is 5.92 Å². The van der Waals surface area contributed by atoms with Crippen LogP contribution in [-0.4, -0.2) is 43.3 Å². The van der Waals surface area contributed by atoms with E-state index < -0.39 is 0 Å². The Labute approximate surface area is 122 Å². The molecule has 116 valence electrons. The zero-order valence-corrected chi connectivity index (χ0v) is 13.5. The molecule has 1 aromatic rings. The molecule has 0 radical (unpaired) electrons. The molecule has 20 heavy (non-hydrogen) atoms. The van der Waals surface area contributed by atoms with Crippen LogP contribution in [0, 0.1) is 19.8 Å². The number of ether oxygens (including phenoxy) is 2. The summed E-state index contributed by atoms with van der Waals surface area (Å²) in [7, 11) is 1.72. The van der Waals surface area contributed by atoms with Crippen molar-refractivity contribution in [2.45, 2.75) is 40.8 Å². The van der Waals surface area contributed by atoms with Gasteiger partial charge in [0.05, 0.1) is 25.5 Å². The molecule has 1 heterocycles. The Bertz CT molecular complexity index is 389. The van der Waals surface area contributed by atoms with Gasteiger partial charge in [-0.15, -0.1) is 0 Å². The van der Waals surface area contributed by atoms with Crippen LogP contribution >= 0.6 is 0 Å². The van der Waals surface area contributed by atoms with E-state index in [0.717, 1.165) is 45.1 Å². The summed E-state index contributed by atoms with van der Waals surface area (Å²) in [6, 6.07) is 0. The van der Waals surface area contributed by atoms with Gasteiger partial charge in [-0.2, -0.15) is 5.10 Å². The fraction of sp³-hybridized carbons (Fsp3) is 0.800. The number of aromatic nitrogens is 2. The monoisotopic (exact) mass is 283 g/mol. The Kier molecular flexibility index (Phi) is 7.80. The van der Waals surface area contributed by atoms with Crippen molar-refractivity contribution in [2.24, 2.45) is 5.92 Å². The van der Waals surface area contributed by atoms with E-state index in [2.05, 4.69) is 38.1 Å². The predicted octanol–water partition coefficient (Wildman–Crippen LogP) is 1.91. The Balaban J connectivity index is 2.44. The highest BCUT2D eigenvalue weighted by Gasteiger charge is 2.10. The van der Waals surface area contributed by atoms with E-state index in [1.54, 1.807) is 7.11 Å². The summed E-state index contributed by atoms with van der Waals surface area (Å²) >= 11 is 0. The van der Waals surface area contributed by atoms with Gasteiger partial charge in [0.15, 0.2) is 0 Å². The summed E-state index contributed by atoms with van der Waals surface area (Å²) < 4.78 is 12.7. The summed E-state index contributed by atoms with van der Waals surface area (Å²) in [5, 5.41) is 7.96. The van der Waals surface area contributed by atoms with Gasteiger partial charge in [0.25, 0.3) is 0 Å². The van der Waals surface area contributed by atoms with Crippen LogP contribution in [0.5, 0.6) is 0 Å². The van der Waals surface area contributed by atoms with Crippen LogP contribution in [0.15, 0.2) is 0 Å². The number of nitrogens with zero attached hydrogens (tertiary/aromatic N) is 2. The summed E-state index contributed by atoms with van der Waals surface area (Å²) in [6.07, 6.45) is 0. The van der Waals surface area contributed by atoms with Crippen molar-refractivity contribution in [1.82, 2.24) is 15.1 Å². The molecule has 0 saturated heterocycles. The van der Waals surface area contributed by atoms with Gasteiger partial charge in [0, 0.05) is 38.1 Å². The number of hydrogen-bond donors (Lipinski definition) is 1. The highest BCUT2D eigenvalue weighted by molar-refractivity contribution is 5.24. The molecule has 0 bridgehead atoms. The maximum absolute atomic E-state index is 5.62. The topological polar surface area (TPSA) is 48.3 Å². The van der Waals surface area contributed by atoms with E-state index in [9.17, 15) is 0 Å². The molecule has 1 N–H and O–H groups in total. The molecule has 1 rings (SSSR count). The van der Waals surface area contributed by atoms with Crippen molar-refractivity contribution < 1.29 is 9.47 Å². The van der Waals surface area contributed by atoms with Crippen LogP contribution in [0.25, 0.3) is 0 Å². The third kappa shape index (κ3) is 5.61. The minimum atomic E-state index is 0.580. The normalized spacial score (nSPS) is 11.5. The predicted molar refractivity (Wildman–Crippen MR) is 80.9 cm³/mol. The first kappa shape index (κ1) is 17.1. The van der Waals surface area contributed by atoms with Crippen molar-refractivity contribution in [2.75, 3.05) is 33.5 Å². The molecule has 0 aliphatic rings. The third-order valence-electron chi connectivity index (χ3n) is 3.21. The van der Waals surface area contributed by atoms with E-state index in [4.69, 9.17) is 9.47 Å². The van der Waals surface area contributed by atoms with Gasteiger partial charge < -0.3 is 14.8 Å². The summed E-state index contributed by atoms with van der Waals surface area (Å²) in [5.74, 6) is 0.580. The second-order valence-corrected chi connectivity index (χ2v) is 5.51. The molecule has 1 aromatic heterocycles. The highest BCUT2D eigenvalue weighted by Crippen LogP contribution is 2.12. The summed E-state index contributed by atoms with van der Waals surface area (Å²) in [6.45, 7) is 13.3. The minimum absolute atomic E-state index is 0.580. The summed E-state index contributed by atoms with van der Waals surface area (Å²) in [4.78, 5) is 0. The number of aryl methyl sites for hydroxylation is 1. The second-order valence-electron chi connectivity index (χ2n) is 5.51. The summed E-state index contributed by atoms with van der Waals surface area (Å²) in [5.41, 5.74) is 3.60. The van der Waals surface area contributed by atoms with Crippen LogP contribution in [0.1, 0.15) is 30.8 Å². The Hall–Kier alpha value is -0.910. The van der Waals surface area contributed by atoms with Gasteiger partial charge >= 0.3 is 0 Å². The van der Waals surface area contributed by atoms with Gasteiger partial charge in [-0.1, -0.05) is 13.8 Å². The lowest BCUT2D eigenvalue weighted by atomic mass is 10.2.